The summed E-state index contributed by atoms with van der Waals surface area (Å²) in [6.07, 6.45) is 4.25. The summed E-state index contributed by atoms with van der Waals surface area (Å²) in [7, 11) is 0. The van der Waals surface area contributed by atoms with Gasteiger partial charge in [0.2, 0.25) is 11.8 Å². The van der Waals surface area contributed by atoms with Crippen molar-refractivity contribution in [1.29, 1.82) is 0 Å². The number of amides is 2. The van der Waals surface area contributed by atoms with E-state index in [2.05, 4.69) is 10.2 Å². The molecule has 0 bridgehead atoms. The minimum atomic E-state index is -0.419. The Balaban J connectivity index is 2.01. The summed E-state index contributed by atoms with van der Waals surface area (Å²) < 4.78 is 0. The molecule has 1 saturated heterocycles. The van der Waals surface area contributed by atoms with Crippen LogP contribution in [0, 0.1) is 0 Å². The highest BCUT2D eigenvalue weighted by molar-refractivity contribution is 5.87. The van der Waals surface area contributed by atoms with Crippen LogP contribution >= 0.6 is 0 Å². The van der Waals surface area contributed by atoms with Crippen LogP contribution in [0.4, 0.5) is 0 Å². The Bertz CT molecular complexity index is 349. The van der Waals surface area contributed by atoms with Crippen molar-refractivity contribution in [2.45, 2.75) is 44.7 Å². The quantitative estimate of drug-likeness (QED) is 0.715. The van der Waals surface area contributed by atoms with E-state index in [0.29, 0.717) is 0 Å². The molecule has 0 radical (unpaired) electrons. The third kappa shape index (κ3) is 3.70. The molecule has 0 spiro atoms. The second-order valence-electron chi connectivity index (χ2n) is 5.83. The van der Waals surface area contributed by atoms with Crippen LogP contribution in [0.15, 0.2) is 0 Å². The number of carbonyl (C=O) groups is 2. The molecule has 1 aliphatic heterocycles. The van der Waals surface area contributed by atoms with Gasteiger partial charge in [-0.05, 0) is 19.8 Å². The summed E-state index contributed by atoms with van der Waals surface area (Å²) in [5.41, 5.74) is 5.32. The molecule has 6 heteroatoms. The van der Waals surface area contributed by atoms with Crippen LogP contribution < -0.4 is 11.1 Å². The summed E-state index contributed by atoms with van der Waals surface area (Å²) in [6.45, 7) is 5.58. The maximum absolute atomic E-state index is 12.7. The van der Waals surface area contributed by atoms with Crippen LogP contribution in [0.25, 0.3) is 0 Å². The molecule has 2 amide bonds. The van der Waals surface area contributed by atoms with Gasteiger partial charge in [0.25, 0.3) is 0 Å². The molecule has 0 aromatic rings. The van der Waals surface area contributed by atoms with E-state index in [-0.39, 0.29) is 24.5 Å². The number of piperazine rings is 1. The fraction of sp³-hybridized carbons (Fsp3) is 0.857. The Kier molecular flexibility index (Phi) is 5.37. The third-order valence-electron chi connectivity index (χ3n) is 4.43. The average molecular weight is 282 g/mol. The van der Waals surface area contributed by atoms with Gasteiger partial charge >= 0.3 is 0 Å². The summed E-state index contributed by atoms with van der Waals surface area (Å²) in [5, 5.41) is 3.28. The summed E-state index contributed by atoms with van der Waals surface area (Å²) in [5.74, 6) is -0.365. The van der Waals surface area contributed by atoms with Crippen LogP contribution in [0.1, 0.15) is 32.6 Å². The zero-order valence-electron chi connectivity index (χ0n) is 12.3. The highest BCUT2D eigenvalue weighted by Crippen LogP contribution is 2.24. The molecular weight excluding hydrogens is 256 g/mol. The Labute approximate surface area is 120 Å². The van der Waals surface area contributed by atoms with Gasteiger partial charge in [-0.25, -0.2) is 0 Å². The van der Waals surface area contributed by atoms with Crippen LogP contribution in [-0.2, 0) is 9.59 Å². The van der Waals surface area contributed by atoms with Crippen molar-refractivity contribution in [3.63, 3.8) is 0 Å². The lowest BCUT2D eigenvalue weighted by atomic mass is 10.1. The van der Waals surface area contributed by atoms with E-state index in [1.54, 1.807) is 4.90 Å². The molecule has 1 heterocycles. The summed E-state index contributed by atoms with van der Waals surface area (Å²) in [4.78, 5) is 27.9. The van der Waals surface area contributed by atoms with E-state index in [0.717, 1.165) is 51.9 Å². The van der Waals surface area contributed by atoms with Crippen molar-refractivity contribution in [3.8, 4) is 0 Å². The van der Waals surface area contributed by atoms with Crippen molar-refractivity contribution in [3.05, 3.63) is 0 Å². The molecular formula is C14H26N4O2. The van der Waals surface area contributed by atoms with Gasteiger partial charge < -0.3 is 16.0 Å². The Hall–Kier alpha value is -1.14. The number of hydrogen-bond donors (Lipinski definition) is 2. The van der Waals surface area contributed by atoms with Gasteiger partial charge in [-0.1, -0.05) is 12.8 Å². The molecule has 3 N–H and O–H groups in total. The SMILES string of the molecule is CC(C(=O)N(CC(N)=O)C1CCCC1)N1CCNCC1. The number of carbonyl (C=O) groups excluding carboxylic acids is 2. The zero-order valence-corrected chi connectivity index (χ0v) is 12.3. The van der Waals surface area contributed by atoms with Crippen molar-refractivity contribution < 1.29 is 9.59 Å². The molecule has 1 unspecified atom stereocenters. The molecule has 20 heavy (non-hydrogen) atoms. The van der Waals surface area contributed by atoms with Crippen molar-refractivity contribution >= 4 is 11.8 Å². The first kappa shape index (κ1) is 15.3. The largest absolute Gasteiger partial charge is 0.368 e. The summed E-state index contributed by atoms with van der Waals surface area (Å²) in [6, 6.07) is 0.0254. The lowest BCUT2D eigenvalue weighted by molar-refractivity contribution is -0.142. The van der Waals surface area contributed by atoms with Gasteiger partial charge in [0.15, 0.2) is 0 Å². The maximum Gasteiger partial charge on any atom is 0.240 e. The molecule has 114 valence electrons. The van der Waals surface area contributed by atoms with E-state index in [9.17, 15) is 9.59 Å². The predicted molar refractivity (Wildman–Crippen MR) is 77.1 cm³/mol. The minimum Gasteiger partial charge on any atom is -0.368 e. The lowest BCUT2D eigenvalue weighted by Gasteiger charge is -2.37. The van der Waals surface area contributed by atoms with Crippen LogP contribution in [0.5, 0.6) is 0 Å². The van der Waals surface area contributed by atoms with E-state index >= 15 is 0 Å². The molecule has 2 rings (SSSR count). The number of rotatable bonds is 5. The highest BCUT2D eigenvalue weighted by Gasteiger charge is 2.33. The molecule has 2 fully saturated rings. The fourth-order valence-electron chi connectivity index (χ4n) is 3.24. The van der Waals surface area contributed by atoms with Gasteiger partial charge in [-0.2, -0.15) is 0 Å². The predicted octanol–water partition coefficient (Wildman–Crippen LogP) is -0.463. The number of primary amides is 1. The van der Waals surface area contributed by atoms with Crippen molar-refractivity contribution in [2.75, 3.05) is 32.7 Å². The molecule has 1 saturated carbocycles. The summed E-state index contributed by atoms with van der Waals surface area (Å²) >= 11 is 0. The number of nitrogens with one attached hydrogen (secondary N) is 1. The smallest absolute Gasteiger partial charge is 0.240 e. The third-order valence-corrected chi connectivity index (χ3v) is 4.43. The first-order chi connectivity index (χ1) is 9.59. The van der Waals surface area contributed by atoms with E-state index < -0.39 is 5.91 Å². The molecule has 0 aromatic heterocycles. The Morgan fingerprint density at radius 1 is 1.30 bits per heavy atom. The second-order valence-corrected chi connectivity index (χ2v) is 5.83. The molecule has 1 aliphatic carbocycles. The normalized spacial score (nSPS) is 22.6. The monoisotopic (exact) mass is 282 g/mol. The van der Waals surface area contributed by atoms with Crippen molar-refractivity contribution in [2.24, 2.45) is 5.73 Å². The maximum atomic E-state index is 12.7. The Morgan fingerprint density at radius 2 is 1.90 bits per heavy atom. The second kappa shape index (κ2) is 7.04. The van der Waals surface area contributed by atoms with E-state index in [1.165, 1.54) is 0 Å². The average Bonchev–Trinajstić information content (AvgIpc) is 2.98. The van der Waals surface area contributed by atoms with Gasteiger partial charge in [0.05, 0.1) is 12.6 Å². The molecule has 2 aliphatic rings. The highest BCUT2D eigenvalue weighted by atomic mass is 16.2. The molecule has 0 aromatic carbocycles. The first-order valence-electron chi connectivity index (χ1n) is 7.63. The minimum absolute atomic E-state index is 0.0533. The topological polar surface area (TPSA) is 78.7 Å². The van der Waals surface area contributed by atoms with E-state index in [4.69, 9.17) is 5.73 Å². The van der Waals surface area contributed by atoms with Crippen LogP contribution in [0.3, 0.4) is 0 Å². The number of nitrogens with zero attached hydrogens (tertiary/aromatic N) is 2. The number of nitrogens with two attached hydrogens (primary N) is 1. The van der Waals surface area contributed by atoms with Crippen molar-refractivity contribution in [1.82, 2.24) is 15.1 Å². The van der Waals surface area contributed by atoms with Crippen LogP contribution in [-0.4, -0.2) is 66.4 Å². The van der Waals surface area contributed by atoms with Gasteiger partial charge in [-0.3, -0.25) is 14.5 Å². The molecule has 1 atom stereocenters. The number of hydrogen-bond acceptors (Lipinski definition) is 4. The fourth-order valence-corrected chi connectivity index (χ4v) is 3.24. The van der Waals surface area contributed by atoms with Gasteiger partial charge in [-0.15, -0.1) is 0 Å². The lowest BCUT2D eigenvalue weighted by Crippen LogP contribution is -2.56. The van der Waals surface area contributed by atoms with Crippen LogP contribution in [0.2, 0.25) is 0 Å². The van der Waals surface area contributed by atoms with Gasteiger partial charge in [0, 0.05) is 32.2 Å². The van der Waals surface area contributed by atoms with Gasteiger partial charge in [0.1, 0.15) is 0 Å². The van der Waals surface area contributed by atoms with E-state index in [1.807, 2.05) is 6.92 Å². The molecule has 6 nitrogen and oxygen atoms in total. The zero-order chi connectivity index (χ0) is 14.5. The first-order valence-corrected chi connectivity index (χ1v) is 7.63. The standard InChI is InChI=1S/C14H26N4O2/c1-11(17-8-6-16-7-9-17)14(20)18(10-13(15)19)12-4-2-3-5-12/h11-12,16H,2-10H2,1H3,(H2,15,19). The Morgan fingerprint density at radius 3 is 2.45 bits per heavy atom.